The molecule has 114 valence electrons. The zero-order chi connectivity index (χ0) is 14.4. The molecule has 1 aromatic heterocycles. The Balaban J connectivity index is 1.77. The minimum Gasteiger partial charge on any atom is -0.468 e. The van der Waals surface area contributed by atoms with Gasteiger partial charge in [0.25, 0.3) is 0 Å². The van der Waals surface area contributed by atoms with Crippen LogP contribution >= 0.6 is 0 Å². The van der Waals surface area contributed by atoms with Gasteiger partial charge in [0.2, 0.25) is 0 Å². The quantitative estimate of drug-likeness (QED) is 0.821. The number of furan rings is 1. The normalized spacial score (nSPS) is 25.0. The van der Waals surface area contributed by atoms with E-state index < -0.39 is 0 Å². The Labute approximate surface area is 123 Å². The Morgan fingerprint density at radius 1 is 1.30 bits per heavy atom. The van der Waals surface area contributed by atoms with Crippen LogP contribution in [0.3, 0.4) is 0 Å². The highest BCUT2D eigenvalue weighted by molar-refractivity contribution is 5.05. The number of hydrogen-bond donors (Lipinski definition) is 1. The highest BCUT2D eigenvalue weighted by Gasteiger charge is 2.23. The van der Waals surface area contributed by atoms with Crippen molar-refractivity contribution in [3.05, 3.63) is 24.2 Å². The highest BCUT2D eigenvalue weighted by atomic mass is 16.3. The third kappa shape index (κ3) is 4.35. The minimum atomic E-state index is 0.332. The molecule has 0 spiro atoms. The monoisotopic (exact) mass is 278 g/mol. The molecule has 3 nitrogen and oxygen atoms in total. The van der Waals surface area contributed by atoms with E-state index in [1.54, 1.807) is 6.26 Å². The predicted molar refractivity (Wildman–Crippen MR) is 83.8 cm³/mol. The zero-order valence-corrected chi connectivity index (χ0v) is 13.3. The van der Waals surface area contributed by atoms with E-state index in [1.165, 1.54) is 38.5 Å². The van der Waals surface area contributed by atoms with E-state index in [9.17, 15) is 0 Å². The molecule has 0 bridgehead atoms. The fraction of sp³-hybridized carbons (Fsp3) is 0.765. The summed E-state index contributed by atoms with van der Waals surface area (Å²) in [7, 11) is 4.24. The first-order chi connectivity index (χ1) is 9.70. The van der Waals surface area contributed by atoms with Crippen LogP contribution in [0.4, 0.5) is 0 Å². The SMILES string of the molecule is CCCC1CCC(NCC(c2ccco2)N(C)C)CC1. The maximum atomic E-state index is 5.56. The molecule has 1 heterocycles. The van der Waals surface area contributed by atoms with Crippen LogP contribution in [0.5, 0.6) is 0 Å². The molecule has 0 aromatic carbocycles. The van der Waals surface area contributed by atoms with E-state index in [1.807, 2.05) is 6.07 Å². The fourth-order valence-corrected chi connectivity index (χ4v) is 3.36. The summed E-state index contributed by atoms with van der Waals surface area (Å²) in [6.45, 7) is 3.28. The smallest absolute Gasteiger partial charge is 0.122 e. The first-order valence-corrected chi connectivity index (χ1v) is 8.14. The average molecular weight is 278 g/mol. The van der Waals surface area contributed by atoms with Gasteiger partial charge in [-0.1, -0.05) is 19.8 Å². The van der Waals surface area contributed by atoms with E-state index in [-0.39, 0.29) is 0 Å². The van der Waals surface area contributed by atoms with Crippen molar-refractivity contribution in [3.63, 3.8) is 0 Å². The Kier molecular flexibility index (Phi) is 6.11. The maximum absolute atomic E-state index is 5.56. The molecule has 3 heteroatoms. The Bertz CT molecular complexity index is 353. The molecule has 20 heavy (non-hydrogen) atoms. The third-order valence-electron chi connectivity index (χ3n) is 4.64. The zero-order valence-electron chi connectivity index (χ0n) is 13.3. The molecule has 0 saturated heterocycles. The summed E-state index contributed by atoms with van der Waals surface area (Å²) in [5, 5.41) is 3.75. The Hall–Kier alpha value is -0.800. The van der Waals surface area contributed by atoms with E-state index in [2.05, 4.69) is 37.3 Å². The maximum Gasteiger partial charge on any atom is 0.122 e. The predicted octanol–water partition coefficient (Wildman–Crippen LogP) is 3.83. The number of rotatable bonds is 7. The molecular formula is C17H30N2O. The molecule has 1 N–H and O–H groups in total. The molecule has 0 aliphatic heterocycles. The first kappa shape index (κ1) is 15.6. The second-order valence-corrected chi connectivity index (χ2v) is 6.41. The van der Waals surface area contributed by atoms with E-state index in [0.717, 1.165) is 18.2 Å². The van der Waals surface area contributed by atoms with Crippen LogP contribution < -0.4 is 5.32 Å². The third-order valence-corrected chi connectivity index (χ3v) is 4.64. The molecule has 2 rings (SSSR count). The van der Waals surface area contributed by atoms with Crippen LogP contribution in [0.2, 0.25) is 0 Å². The summed E-state index contributed by atoms with van der Waals surface area (Å²) in [4.78, 5) is 2.23. The van der Waals surface area contributed by atoms with Crippen molar-refractivity contribution < 1.29 is 4.42 Å². The number of likely N-dealkylation sites (N-methyl/N-ethyl adjacent to an activating group) is 1. The van der Waals surface area contributed by atoms with Crippen molar-refractivity contribution in [2.75, 3.05) is 20.6 Å². The number of hydrogen-bond acceptors (Lipinski definition) is 3. The molecule has 0 amide bonds. The largest absolute Gasteiger partial charge is 0.468 e. The lowest BCUT2D eigenvalue weighted by atomic mass is 9.83. The molecule has 1 aromatic rings. The van der Waals surface area contributed by atoms with Crippen molar-refractivity contribution in [2.24, 2.45) is 5.92 Å². The van der Waals surface area contributed by atoms with Gasteiger partial charge in [0.1, 0.15) is 5.76 Å². The van der Waals surface area contributed by atoms with E-state index in [0.29, 0.717) is 12.1 Å². The van der Waals surface area contributed by atoms with Gasteiger partial charge < -0.3 is 9.73 Å². The van der Waals surface area contributed by atoms with Crippen molar-refractivity contribution in [2.45, 2.75) is 57.5 Å². The van der Waals surface area contributed by atoms with E-state index >= 15 is 0 Å². The molecule has 1 unspecified atom stereocenters. The van der Waals surface area contributed by atoms with Gasteiger partial charge in [-0.2, -0.15) is 0 Å². The van der Waals surface area contributed by atoms with Gasteiger partial charge in [-0.15, -0.1) is 0 Å². The van der Waals surface area contributed by atoms with Gasteiger partial charge in [0.05, 0.1) is 12.3 Å². The van der Waals surface area contributed by atoms with Gasteiger partial charge in [-0.3, -0.25) is 4.90 Å². The van der Waals surface area contributed by atoms with Gasteiger partial charge in [-0.25, -0.2) is 0 Å². The standard InChI is InChI=1S/C17H30N2O/c1-4-6-14-8-10-15(11-9-14)18-13-16(19(2)3)17-7-5-12-20-17/h5,7,12,14-16,18H,4,6,8-11,13H2,1-3H3. The van der Waals surface area contributed by atoms with E-state index in [4.69, 9.17) is 4.42 Å². The number of nitrogens with zero attached hydrogens (tertiary/aromatic N) is 1. The summed E-state index contributed by atoms with van der Waals surface area (Å²) >= 11 is 0. The summed E-state index contributed by atoms with van der Waals surface area (Å²) in [6, 6.07) is 5.07. The van der Waals surface area contributed by atoms with Crippen LogP contribution in [0, 0.1) is 5.92 Å². The summed E-state index contributed by atoms with van der Waals surface area (Å²) in [6.07, 6.45) is 9.99. The number of nitrogens with one attached hydrogen (secondary N) is 1. The van der Waals surface area contributed by atoms with Crippen LogP contribution in [-0.4, -0.2) is 31.6 Å². The van der Waals surface area contributed by atoms with Gasteiger partial charge in [-0.05, 0) is 57.8 Å². The molecule has 1 fully saturated rings. The van der Waals surface area contributed by atoms with Crippen molar-refractivity contribution in [1.82, 2.24) is 10.2 Å². The Morgan fingerprint density at radius 2 is 2.05 bits per heavy atom. The summed E-state index contributed by atoms with van der Waals surface area (Å²) < 4.78 is 5.56. The fourth-order valence-electron chi connectivity index (χ4n) is 3.36. The summed E-state index contributed by atoms with van der Waals surface area (Å²) in [5.41, 5.74) is 0. The van der Waals surface area contributed by atoms with Gasteiger partial charge in [0, 0.05) is 12.6 Å². The lowest BCUT2D eigenvalue weighted by molar-refractivity contribution is 0.222. The molecule has 1 saturated carbocycles. The van der Waals surface area contributed by atoms with Crippen LogP contribution in [0.25, 0.3) is 0 Å². The second kappa shape index (κ2) is 7.84. The topological polar surface area (TPSA) is 28.4 Å². The van der Waals surface area contributed by atoms with Crippen LogP contribution in [0.15, 0.2) is 22.8 Å². The van der Waals surface area contributed by atoms with Crippen molar-refractivity contribution in [1.29, 1.82) is 0 Å². The minimum absolute atomic E-state index is 0.332. The lowest BCUT2D eigenvalue weighted by Gasteiger charge is -2.31. The Morgan fingerprint density at radius 3 is 2.60 bits per heavy atom. The average Bonchev–Trinajstić information content (AvgIpc) is 2.95. The highest BCUT2D eigenvalue weighted by Crippen LogP contribution is 2.28. The van der Waals surface area contributed by atoms with Crippen molar-refractivity contribution in [3.8, 4) is 0 Å². The van der Waals surface area contributed by atoms with Gasteiger partial charge in [0.15, 0.2) is 0 Å². The molecule has 0 radical (unpaired) electrons. The lowest BCUT2D eigenvalue weighted by Crippen LogP contribution is -2.39. The molecule has 1 aliphatic carbocycles. The second-order valence-electron chi connectivity index (χ2n) is 6.41. The van der Waals surface area contributed by atoms with Crippen molar-refractivity contribution >= 4 is 0 Å². The van der Waals surface area contributed by atoms with Crippen LogP contribution in [0.1, 0.15) is 57.3 Å². The first-order valence-electron chi connectivity index (χ1n) is 8.14. The van der Waals surface area contributed by atoms with Crippen LogP contribution in [-0.2, 0) is 0 Å². The molecular weight excluding hydrogens is 248 g/mol. The molecule has 1 atom stereocenters. The molecule has 1 aliphatic rings. The van der Waals surface area contributed by atoms with Gasteiger partial charge >= 0.3 is 0 Å². The summed E-state index contributed by atoms with van der Waals surface area (Å²) in [5.74, 6) is 2.04.